The first-order valence-corrected chi connectivity index (χ1v) is 7.01. The fourth-order valence-electron chi connectivity index (χ4n) is 2.42. The zero-order valence-corrected chi connectivity index (χ0v) is 11.4. The van der Waals surface area contributed by atoms with Crippen LogP contribution in [0.25, 0.3) is 16.9 Å². The Morgan fingerprint density at radius 3 is 2.76 bits per heavy atom. The number of rotatable bonds is 3. The Bertz CT molecular complexity index is 806. The van der Waals surface area contributed by atoms with Gasteiger partial charge in [0.25, 0.3) is 5.91 Å². The van der Waals surface area contributed by atoms with Gasteiger partial charge in [0.1, 0.15) is 5.65 Å². The van der Waals surface area contributed by atoms with Gasteiger partial charge >= 0.3 is 0 Å². The molecule has 3 aromatic heterocycles. The highest BCUT2D eigenvalue weighted by Crippen LogP contribution is 2.26. The average Bonchev–Trinajstić information content (AvgIpc) is 3.25. The van der Waals surface area contributed by atoms with Crippen LogP contribution in [-0.2, 0) is 0 Å². The number of fused-ring (bicyclic) bond motifs is 1. The molecular formula is C16H14N4O. The van der Waals surface area contributed by atoms with Gasteiger partial charge in [-0.1, -0.05) is 6.07 Å². The first-order valence-electron chi connectivity index (χ1n) is 7.01. The lowest BCUT2D eigenvalue weighted by Crippen LogP contribution is -2.26. The van der Waals surface area contributed by atoms with Crippen LogP contribution in [0.1, 0.15) is 23.3 Å². The highest BCUT2D eigenvalue weighted by atomic mass is 16.2. The largest absolute Gasteiger partial charge is 0.348 e. The molecule has 5 heteroatoms. The molecule has 1 N–H and O–H groups in total. The van der Waals surface area contributed by atoms with Crippen molar-refractivity contribution in [2.75, 3.05) is 0 Å². The van der Waals surface area contributed by atoms with Gasteiger partial charge < -0.3 is 5.32 Å². The van der Waals surface area contributed by atoms with Crippen molar-refractivity contribution in [1.29, 1.82) is 0 Å². The Morgan fingerprint density at radius 2 is 2.00 bits per heavy atom. The molecule has 0 aliphatic heterocycles. The van der Waals surface area contributed by atoms with Crippen molar-refractivity contribution in [2.45, 2.75) is 18.9 Å². The molecule has 104 valence electrons. The summed E-state index contributed by atoms with van der Waals surface area (Å²) in [4.78, 5) is 21.0. The second-order valence-electron chi connectivity index (χ2n) is 5.22. The molecule has 1 amide bonds. The predicted octanol–water partition coefficient (Wildman–Crippen LogP) is 2.29. The quantitative estimate of drug-likeness (QED) is 0.799. The van der Waals surface area contributed by atoms with E-state index >= 15 is 0 Å². The van der Waals surface area contributed by atoms with Crippen molar-refractivity contribution in [3.05, 3.63) is 54.6 Å². The normalized spacial score (nSPS) is 14.3. The highest BCUT2D eigenvalue weighted by Gasteiger charge is 2.27. The molecule has 0 atom stereocenters. The molecule has 21 heavy (non-hydrogen) atoms. The molecule has 0 spiro atoms. The van der Waals surface area contributed by atoms with Crippen molar-refractivity contribution in [2.24, 2.45) is 0 Å². The van der Waals surface area contributed by atoms with E-state index in [9.17, 15) is 4.79 Å². The zero-order valence-electron chi connectivity index (χ0n) is 11.4. The van der Waals surface area contributed by atoms with Gasteiger partial charge in [-0.25, -0.2) is 4.98 Å². The molecule has 0 unspecified atom stereocenters. The molecule has 5 nitrogen and oxygen atoms in total. The predicted molar refractivity (Wildman–Crippen MR) is 78.9 cm³/mol. The van der Waals surface area contributed by atoms with E-state index < -0.39 is 0 Å². The molecule has 1 saturated carbocycles. The van der Waals surface area contributed by atoms with Crippen LogP contribution in [0.2, 0.25) is 0 Å². The third kappa shape index (κ3) is 2.16. The van der Waals surface area contributed by atoms with Crippen molar-refractivity contribution in [3.8, 4) is 11.3 Å². The van der Waals surface area contributed by atoms with Gasteiger partial charge in [-0.2, -0.15) is 0 Å². The summed E-state index contributed by atoms with van der Waals surface area (Å²) in [6.45, 7) is 0. The Kier molecular flexibility index (Phi) is 2.70. The third-order valence-corrected chi connectivity index (χ3v) is 3.61. The lowest BCUT2D eigenvalue weighted by molar-refractivity contribution is 0.0947. The number of hydrogen-bond acceptors (Lipinski definition) is 3. The van der Waals surface area contributed by atoms with Crippen molar-refractivity contribution >= 4 is 11.6 Å². The van der Waals surface area contributed by atoms with Gasteiger partial charge in [0, 0.05) is 30.2 Å². The lowest BCUT2D eigenvalue weighted by atomic mass is 10.1. The van der Waals surface area contributed by atoms with Crippen LogP contribution >= 0.6 is 0 Å². The van der Waals surface area contributed by atoms with E-state index in [0.717, 1.165) is 29.7 Å². The standard InChI is InChI=1S/C16H14N4O/c21-16(18-12-4-5-12)14-15(11-6-8-17-9-7-11)20-10-2-1-3-13(20)19-14/h1-3,6-10,12H,4-5H2,(H,18,21). The first-order chi connectivity index (χ1) is 10.3. The first kappa shape index (κ1) is 12.1. The summed E-state index contributed by atoms with van der Waals surface area (Å²) in [5.41, 5.74) is 2.99. The Hall–Kier alpha value is -2.69. The minimum atomic E-state index is -0.104. The fourth-order valence-corrected chi connectivity index (χ4v) is 2.42. The van der Waals surface area contributed by atoms with Crippen LogP contribution in [-0.4, -0.2) is 26.3 Å². The number of hydrogen-bond donors (Lipinski definition) is 1. The van der Waals surface area contributed by atoms with Gasteiger partial charge in [0.15, 0.2) is 5.69 Å². The van der Waals surface area contributed by atoms with Crippen LogP contribution in [0, 0.1) is 0 Å². The van der Waals surface area contributed by atoms with E-state index in [-0.39, 0.29) is 5.91 Å². The van der Waals surface area contributed by atoms with Gasteiger partial charge in [0.05, 0.1) is 5.69 Å². The lowest BCUT2D eigenvalue weighted by Gasteiger charge is -2.05. The number of nitrogens with one attached hydrogen (secondary N) is 1. The second-order valence-corrected chi connectivity index (χ2v) is 5.22. The minimum Gasteiger partial charge on any atom is -0.348 e. The molecule has 1 aliphatic carbocycles. The van der Waals surface area contributed by atoms with Crippen LogP contribution in [0.3, 0.4) is 0 Å². The topological polar surface area (TPSA) is 59.3 Å². The van der Waals surface area contributed by atoms with E-state index in [1.807, 2.05) is 40.9 Å². The Labute approximate surface area is 121 Å². The molecule has 1 aliphatic rings. The molecule has 4 rings (SSSR count). The van der Waals surface area contributed by atoms with E-state index in [4.69, 9.17) is 0 Å². The van der Waals surface area contributed by atoms with Crippen molar-refractivity contribution in [1.82, 2.24) is 19.7 Å². The smallest absolute Gasteiger partial charge is 0.272 e. The monoisotopic (exact) mass is 278 g/mol. The number of aromatic nitrogens is 3. The third-order valence-electron chi connectivity index (χ3n) is 3.61. The number of amides is 1. The zero-order chi connectivity index (χ0) is 14.2. The summed E-state index contributed by atoms with van der Waals surface area (Å²) in [6, 6.07) is 9.85. The second kappa shape index (κ2) is 4.70. The molecule has 0 radical (unpaired) electrons. The average molecular weight is 278 g/mol. The summed E-state index contributed by atoms with van der Waals surface area (Å²) < 4.78 is 1.94. The van der Waals surface area contributed by atoms with E-state index in [0.29, 0.717) is 11.7 Å². The van der Waals surface area contributed by atoms with Crippen LogP contribution in [0.5, 0.6) is 0 Å². The molecular weight excluding hydrogens is 264 g/mol. The number of nitrogens with zero attached hydrogens (tertiary/aromatic N) is 3. The van der Waals surface area contributed by atoms with E-state index in [2.05, 4.69) is 15.3 Å². The number of carbonyl (C=O) groups is 1. The van der Waals surface area contributed by atoms with Crippen molar-refractivity contribution < 1.29 is 4.79 Å². The maximum Gasteiger partial charge on any atom is 0.272 e. The molecule has 1 fully saturated rings. The van der Waals surface area contributed by atoms with Crippen molar-refractivity contribution in [3.63, 3.8) is 0 Å². The van der Waals surface area contributed by atoms with E-state index in [1.54, 1.807) is 12.4 Å². The number of carbonyl (C=O) groups excluding carboxylic acids is 1. The van der Waals surface area contributed by atoms with Gasteiger partial charge in [-0.05, 0) is 37.1 Å². The van der Waals surface area contributed by atoms with Crippen LogP contribution < -0.4 is 5.32 Å². The maximum atomic E-state index is 12.5. The van der Waals surface area contributed by atoms with Gasteiger partial charge in [-0.3, -0.25) is 14.2 Å². The summed E-state index contributed by atoms with van der Waals surface area (Å²) in [7, 11) is 0. The maximum absolute atomic E-state index is 12.5. The molecule has 0 aromatic carbocycles. The Balaban J connectivity index is 1.90. The number of pyridine rings is 2. The SMILES string of the molecule is O=C(NC1CC1)c1nc2ccccn2c1-c1ccncc1. The molecule has 3 aromatic rings. The van der Waals surface area contributed by atoms with Crippen LogP contribution in [0.15, 0.2) is 48.9 Å². The summed E-state index contributed by atoms with van der Waals surface area (Å²) in [5.74, 6) is -0.104. The molecule has 0 saturated heterocycles. The van der Waals surface area contributed by atoms with Gasteiger partial charge in [0.2, 0.25) is 0 Å². The number of imidazole rings is 1. The van der Waals surface area contributed by atoms with Crippen LogP contribution in [0.4, 0.5) is 0 Å². The Morgan fingerprint density at radius 1 is 1.19 bits per heavy atom. The van der Waals surface area contributed by atoms with Gasteiger partial charge in [-0.15, -0.1) is 0 Å². The summed E-state index contributed by atoms with van der Waals surface area (Å²) in [5, 5.41) is 3.01. The fraction of sp³-hybridized carbons (Fsp3) is 0.188. The molecule has 0 bridgehead atoms. The summed E-state index contributed by atoms with van der Waals surface area (Å²) in [6.07, 6.45) is 7.49. The highest BCUT2D eigenvalue weighted by molar-refractivity contribution is 5.99. The summed E-state index contributed by atoms with van der Waals surface area (Å²) >= 11 is 0. The minimum absolute atomic E-state index is 0.104. The van der Waals surface area contributed by atoms with E-state index in [1.165, 1.54) is 0 Å². The molecule has 3 heterocycles.